The van der Waals surface area contributed by atoms with Crippen molar-refractivity contribution in [2.75, 3.05) is 22.5 Å². The second-order valence-electron chi connectivity index (χ2n) is 8.10. The van der Waals surface area contributed by atoms with Gasteiger partial charge in [0.2, 0.25) is 0 Å². The Balaban J connectivity index is 1.61. The number of ether oxygens (including phenoxy) is 1. The summed E-state index contributed by atoms with van der Waals surface area (Å²) in [4.78, 5) is 13.2. The summed E-state index contributed by atoms with van der Waals surface area (Å²) in [5, 5.41) is 6.21. The van der Waals surface area contributed by atoms with E-state index in [2.05, 4.69) is 15.4 Å². The maximum Gasteiger partial charge on any atom is 0.261 e. The smallest absolute Gasteiger partial charge is 0.261 e. The minimum Gasteiger partial charge on any atom is -0.497 e. The lowest BCUT2D eigenvalue weighted by Crippen LogP contribution is -2.13. The number of sulfonamides is 1. The fourth-order valence-electron chi connectivity index (χ4n) is 3.98. The predicted octanol–water partition coefficient (Wildman–Crippen LogP) is 5.43. The summed E-state index contributed by atoms with van der Waals surface area (Å²) in [5.41, 5.74) is 3.93. The first-order valence-electron chi connectivity index (χ1n) is 11.2. The molecule has 5 rings (SSSR count). The van der Waals surface area contributed by atoms with E-state index in [0.717, 1.165) is 11.3 Å². The zero-order valence-corrected chi connectivity index (χ0v) is 20.2. The summed E-state index contributed by atoms with van der Waals surface area (Å²) < 4.78 is 34.1. The molecule has 0 saturated carbocycles. The van der Waals surface area contributed by atoms with Crippen LogP contribution in [0.5, 0.6) is 5.75 Å². The molecule has 1 amide bonds. The molecule has 4 aromatic carbocycles. The molecule has 0 atom stereocenters. The SMILES string of the molecule is COc1ccc(NC(=C2C(=O)Nc3ccc(S(=O)(=O)Nc4ccccc4)cc32)c2ccccc2)cc1. The molecule has 0 radical (unpaired) electrons. The molecule has 0 spiro atoms. The highest BCUT2D eigenvalue weighted by Crippen LogP contribution is 2.39. The van der Waals surface area contributed by atoms with E-state index in [0.29, 0.717) is 34.0 Å². The van der Waals surface area contributed by atoms with Gasteiger partial charge in [-0.25, -0.2) is 8.42 Å². The van der Waals surface area contributed by atoms with E-state index in [4.69, 9.17) is 4.74 Å². The van der Waals surface area contributed by atoms with E-state index in [-0.39, 0.29) is 10.8 Å². The summed E-state index contributed by atoms with van der Waals surface area (Å²) in [5.74, 6) is 0.384. The maximum absolute atomic E-state index is 13.2. The molecular weight excluding hydrogens is 474 g/mol. The number of hydrogen-bond acceptors (Lipinski definition) is 5. The lowest BCUT2D eigenvalue weighted by molar-refractivity contribution is -0.110. The molecule has 0 fully saturated rings. The van der Waals surface area contributed by atoms with Gasteiger partial charge in [0.15, 0.2) is 0 Å². The van der Waals surface area contributed by atoms with E-state index in [1.54, 1.807) is 37.4 Å². The Bertz CT molecular complexity index is 1550. The van der Waals surface area contributed by atoms with Gasteiger partial charge in [-0.3, -0.25) is 9.52 Å². The van der Waals surface area contributed by atoms with Gasteiger partial charge in [0.1, 0.15) is 5.75 Å². The number of methoxy groups -OCH3 is 1. The van der Waals surface area contributed by atoms with Crippen LogP contribution in [0.2, 0.25) is 0 Å². The Hall–Kier alpha value is -4.56. The molecule has 8 heteroatoms. The number of amides is 1. The van der Waals surface area contributed by atoms with Gasteiger partial charge >= 0.3 is 0 Å². The van der Waals surface area contributed by atoms with Gasteiger partial charge < -0.3 is 15.4 Å². The summed E-state index contributed by atoms with van der Waals surface area (Å²) in [6.07, 6.45) is 0. The molecule has 0 aliphatic carbocycles. The number of carbonyl (C=O) groups excluding carboxylic acids is 1. The summed E-state index contributed by atoms with van der Waals surface area (Å²) in [7, 11) is -2.28. The summed E-state index contributed by atoms with van der Waals surface area (Å²) >= 11 is 0. The highest BCUT2D eigenvalue weighted by atomic mass is 32.2. The van der Waals surface area contributed by atoms with Crippen molar-refractivity contribution in [2.24, 2.45) is 0 Å². The molecule has 7 nitrogen and oxygen atoms in total. The minimum atomic E-state index is -3.88. The van der Waals surface area contributed by atoms with Crippen molar-refractivity contribution in [3.63, 3.8) is 0 Å². The lowest BCUT2D eigenvalue weighted by atomic mass is 10.00. The van der Waals surface area contributed by atoms with Crippen LogP contribution < -0.4 is 20.1 Å². The molecule has 1 aliphatic rings. The first kappa shape index (κ1) is 23.2. The number of hydrogen-bond donors (Lipinski definition) is 3. The van der Waals surface area contributed by atoms with Crippen molar-refractivity contribution in [2.45, 2.75) is 4.90 Å². The molecule has 0 unspecified atom stereocenters. The Morgan fingerprint density at radius 1 is 0.806 bits per heavy atom. The summed E-state index contributed by atoms with van der Waals surface area (Å²) in [6.45, 7) is 0. The number of anilines is 3. The summed E-state index contributed by atoms with van der Waals surface area (Å²) in [6, 6.07) is 30.0. The van der Waals surface area contributed by atoms with E-state index in [1.165, 1.54) is 12.1 Å². The van der Waals surface area contributed by atoms with E-state index < -0.39 is 10.0 Å². The Kier molecular flexibility index (Phi) is 6.18. The normalized spacial score (nSPS) is 14.0. The van der Waals surface area contributed by atoms with Gasteiger partial charge in [-0.1, -0.05) is 48.5 Å². The molecule has 1 aliphatic heterocycles. The van der Waals surface area contributed by atoms with Gasteiger partial charge in [0.05, 0.1) is 23.3 Å². The van der Waals surface area contributed by atoms with Crippen molar-refractivity contribution >= 4 is 44.3 Å². The van der Waals surface area contributed by atoms with E-state index >= 15 is 0 Å². The molecule has 4 aromatic rings. The van der Waals surface area contributed by atoms with Crippen LogP contribution >= 0.6 is 0 Å². The fourth-order valence-corrected chi connectivity index (χ4v) is 5.07. The van der Waals surface area contributed by atoms with Gasteiger partial charge in [0, 0.05) is 22.6 Å². The van der Waals surface area contributed by atoms with Gasteiger partial charge in [0.25, 0.3) is 15.9 Å². The van der Waals surface area contributed by atoms with E-state index in [1.807, 2.05) is 60.7 Å². The monoisotopic (exact) mass is 497 g/mol. The predicted molar refractivity (Wildman–Crippen MR) is 142 cm³/mol. The van der Waals surface area contributed by atoms with Gasteiger partial charge in [-0.15, -0.1) is 0 Å². The Morgan fingerprint density at radius 2 is 1.47 bits per heavy atom. The molecule has 0 saturated heterocycles. The average molecular weight is 498 g/mol. The third-order valence-corrected chi connectivity index (χ3v) is 7.12. The minimum absolute atomic E-state index is 0.0518. The topological polar surface area (TPSA) is 96.5 Å². The second-order valence-corrected chi connectivity index (χ2v) is 9.78. The maximum atomic E-state index is 13.2. The number of carbonyl (C=O) groups is 1. The van der Waals surface area contributed by atoms with Crippen molar-refractivity contribution in [1.29, 1.82) is 0 Å². The first-order chi connectivity index (χ1) is 17.4. The van der Waals surface area contributed by atoms with Crippen LogP contribution in [0, 0.1) is 0 Å². The lowest BCUT2D eigenvalue weighted by Gasteiger charge is -2.15. The van der Waals surface area contributed by atoms with Crippen molar-refractivity contribution in [1.82, 2.24) is 0 Å². The third kappa shape index (κ3) is 4.67. The zero-order chi connectivity index (χ0) is 25.1. The molecular formula is C28H23N3O4S. The Labute approximate surface area is 209 Å². The average Bonchev–Trinajstić information content (AvgIpc) is 3.23. The molecule has 0 bridgehead atoms. The number of fused-ring (bicyclic) bond motifs is 1. The quantitative estimate of drug-likeness (QED) is 0.296. The third-order valence-electron chi connectivity index (χ3n) is 5.74. The molecule has 1 heterocycles. The first-order valence-corrected chi connectivity index (χ1v) is 12.7. The number of nitrogens with one attached hydrogen (secondary N) is 3. The van der Waals surface area contributed by atoms with Crippen LogP contribution in [-0.4, -0.2) is 21.4 Å². The van der Waals surface area contributed by atoms with Crippen molar-refractivity contribution in [3.05, 3.63) is 114 Å². The zero-order valence-electron chi connectivity index (χ0n) is 19.4. The van der Waals surface area contributed by atoms with Crippen molar-refractivity contribution in [3.8, 4) is 5.75 Å². The standard InChI is InChI=1S/C28H23N3O4S/c1-35-22-14-12-20(13-15-22)29-27(19-8-4-2-5-9-19)26-24-18-23(16-17-25(24)30-28(26)32)36(33,34)31-21-10-6-3-7-11-21/h2-18,29,31H,1H3,(H,30,32). The second kappa shape index (κ2) is 9.59. The van der Waals surface area contributed by atoms with Gasteiger partial charge in [-0.2, -0.15) is 0 Å². The van der Waals surface area contributed by atoms with Crippen LogP contribution in [0.25, 0.3) is 11.3 Å². The molecule has 180 valence electrons. The number of rotatable bonds is 7. The highest BCUT2D eigenvalue weighted by molar-refractivity contribution is 7.92. The van der Waals surface area contributed by atoms with Gasteiger partial charge in [-0.05, 0) is 60.2 Å². The largest absolute Gasteiger partial charge is 0.497 e. The fraction of sp³-hybridized carbons (Fsp3) is 0.0357. The van der Waals surface area contributed by atoms with E-state index in [9.17, 15) is 13.2 Å². The van der Waals surface area contributed by atoms with Crippen LogP contribution in [0.1, 0.15) is 11.1 Å². The number of benzene rings is 4. The van der Waals surface area contributed by atoms with Crippen LogP contribution in [0.15, 0.2) is 108 Å². The molecule has 0 aromatic heterocycles. The van der Waals surface area contributed by atoms with Crippen LogP contribution in [0.3, 0.4) is 0 Å². The highest BCUT2D eigenvalue weighted by Gasteiger charge is 2.30. The van der Waals surface area contributed by atoms with Crippen LogP contribution in [0.4, 0.5) is 17.1 Å². The molecule has 36 heavy (non-hydrogen) atoms. The Morgan fingerprint density at radius 3 is 2.14 bits per heavy atom. The van der Waals surface area contributed by atoms with Crippen LogP contribution in [-0.2, 0) is 14.8 Å². The molecule has 3 N–H and O–H groups in total. The van der Waals surface area contributed by atoms with Crippen molar-refractivity contribution < 1.29 is 17.9 Å². The number of para-hydroxylation sites is 1.